The highest BCUT2D eigenvalue weighted by Gasteiger charge is 2.17. The van der Waals surface area contributed by atoms with Gasteiger partial charge in [-0.3, -0.25) is 4.98 Å². The first-order chi connectivity index (χ1) is 9.72. The maximum Gasteiger partial charge on any atom is 0.341 e. The first-order valence-electron chi connectivity index (χ1n) is 6.62. The lowest BCUT2D eigenvalue weighted by atomic mass is 10.1. The molecule has 0 amide bonds. The fourth-order valence-corrected chi connectivity index (χ4v) is 2.10. The molecule has 5 nitrogen and oxygen atoms in total. The summed E-state index contributed by atoms with van der Waals surface area (Å²) in [6.07, 6.45) is 1.52. The number of para-hydroxylation sites is 1. The van der Waals surface area contributed by atoms with Gasteiger partial charge in [0, 0.05) is 18.6 Å². The minimum Gasteiger partial charge on any atom is -0.492 e. The number of nitrogens with zero attached hydrogens (tertiary/aromatic N) is 1. The highest BCUT2D eigenvalue weighted by Crippen LogP contribution is 2.31. The van der Waals surface area contributed by atoms with Gasteiger partial charge < -0.3 is 14.8 Å². The van der Waals surface area contributed by atoms with E-state index in [0.717, 1.165) is 10.9 Å². The number of benzene rings is 1. The van der Waals surface area contributed by atoms with Crippen LogP contribution in [0.2, 0.25) is 0 Å². The molecule has 20 heavy (non-hydrogen) atoms. The minimum absolute atomic E-state index is 0.332. The Morgan fingerprint density at radius 1 is 1.30 bits per heavy atom. The monoisotopic (exact) mass is 274 g/mol. The van der Waals surface area contributed by atoms with Crippen molar-refractivity contribution in [3.8, 4) is 5.75 Å². The molecule has 5 heteroatoms. The number of fused-ring (bicyclic) bond motifs is 1. The van der Waals surface area contributed by atoms with E-state index in [-0.39, 0.29) is 5.97 Å². The zero-order valence-electron chi connectivity index (χ0n) is 11.9. The lowest BCUT2D eigenvalue weighted by Gasteiger charge is -2.13. The maximum absolute atomic E-state index is 11.9. The molecule has 0 aliphatic rings. The number of carbonyl (C=O) groups excluding carboxylic acids is 1. The second-order valence-corrected chi connectivity index (χ2v) is 4.10. The van der Waals surface area contributed by atoms with Gasteiger partial charge in [-0.1, -0.05) is 12.1 Å². The zero-order chi connectivity index (χ0) is 14.5. The van der Waals surface area contributed by atoms with Crippen molar-refractivity contribution in [3.63, 3.8) is 0 Å². The van der Waals surface area contributed by atoms with Gasteiger partial charge in [0.05, 0.1) is 18.9 Å². The van der Waals surface area contributed by atoms with Crippen molar-refractivity contribution in [1.29, 1.82) is 0 Å². The number of hydrogen-bond donors (Lipinski definition) is 1. The zero-order valence-corrected chi connectivity index (χ0v) is 11.9. The van der Waals surface area contributed by atoms with Crippen molar-refractivity contribution >= 4 is 22.6 Å². The summed E-state index contributed by atoms with van der Waals surface area (Å²) in [7, 11) is 1.77. The van der Waals surface area contributed by atoms with E-state index in [9.17, 15) is 4.79 Å². The summed E-state index contributed by atoms with van der Waals surface area (Å²) in [6, 6.07) is 5.65. The molecule has 0 aliphatic carbocycles. The largest absolute Gasteiger partial charge is 0.492 e. The van der Waals surface area contributed by atoms with Gasteiger partial charge in [0.15, 0.2) is 0 Å². The Morgan fingerprint density at radius 3 is 2.75 bits per heavy atom. The van der Waals surface area contributed by atoms with E-state index in [0.29, 0.717) is 30.2 Å². The first-order valence-corrected chi connectivity index (χ1v) is 6.62. The third-order valence-electron chi connectivity index (χ3n) is 2.91. The molecule has 0 atom stereocenters. The van der Waals surface area contributed by atoms with Crippen molar-refractivity contribution in [3.05, 3.63) is 30.0 Å². The Balaban J connectivity index is 2.62. The molecule has 2 rings (SSSR count). The van der Waals surface area contributed by atoms with Gasteiger partial charge in [-0.15, -0.1) is 0 Å². The van der Waals surface area contributed by atoms with E-state index in [1.54, 1.807) is 14.0 Å². The van der Waals surface area contributed by atoms with E-state index in [2.05, 4.69) is 10.3 Å². The third kappa shape index (κ3) is 2.52. The highest BCUT2D eigenvalue weighted by molar-refractivity contribution is 6.06. The molecule has 0 saturated carbocycles. The summed E-state index contributed by atoms with van der Waals surface area (Å²) < 4.78 is 10.6. The van der Waals surface area contributed by atoms with Crippen LogP contribution in [0.5, 0.6) is 5.75 Å². The molecule has 1 N–H and O–H groups in total. The summed E-state index contributed by atoms with van der Waals surface area (Å²) >= 11 is 0. The van der Waals surface area contributed by atoms with Crippen molar-refractivity contribution < 1.29 is 14.3 Å². The van der Waals surface area contributed by atoms with Crippen LogP contribution in [0.3, 0.4) is 0 Å². The SMILES string of the molecule is CCOC(=O)c1cnc2c(OCC)cccc2c1NC. The molecular weight excluding hydrogens is 256 g/mol. The van der Waals surface area contributed by atoms with Crippen molar-refractivity contribution in [2.24, 2.45) is 0 Å². The van der Waals surface area contributed by atoms with Crippen LogP contribution in [-0.2, 0) is 4.74 Å². The second kappa shape index (κ2) is 6.23. The Bertz CT molecular complexity index is 626. The normalized spacial score (nSPS) is 10.3. The Hall–Kier alpha value is -2.30. The number of ether oxygens (including phenoxy) is 2. The number of carbonyl (C=O) groups is 1. The number of nitrogens with one attached hydrogen (secondary N) is 1. The van der Waals surface area contributed by atoms with Crippen LogP contribution in [0.25, 0.3) is 10.9 Å². The molecule has 0 unspecified atom stereocenters. The number of aromatic nitrogens is 1. The fraction of sp³-hybridized carbons (Fsp3) is 0.333. The summed E-state index contributed by atoms with van der Waals surface area (Å²) in [5, 5.41) is 3.89. The Labute approximate surface area is 117 Å². The van der Waals surface area contributed by atoms with E-state index in [4.69, 9.17) is 9.47 Å². The maximum atomic E-state index is 11.9. The topological polar surface area (TPSA) is 60.5 Å². The molecule has 0 radical (unpaired) electrons. The van der Waals surface area contributed by atoms with Crippen LogP contribution < -0.4 is 10.1 Å². The first kappa shape index (κ1) is 14.1. The van der Waals surface area contributed by atoms with Gasteiger partial charge in [0.25, 0.3) is 0 Å². The Kier molecular flexibility index (Phi) is 4.40. The number of esters is 1. The van der Waals surface area contributed by atoms with Crippen LogP contribution in [0.15, 0.2) is 24.4 Å². The Morgan fingerprint density at radius 2 is 2.10 bits per heavy atom. The summed E-state index contributed by atoms with van der Waals surface area (Å²) in [5.74, 6) is 0.324. The standard InChI is InChI=1S/C15H18N2O3/c1-4-19-12-8-6-7-10-13(16-3)11(9-17-14(10)12)15(18)20-5-2/h6-9H,4-5H2,1-3H3,(H,16,17). The summed E-state index contributed by atoms with van der Waals surface area (Å²) in [6.45, 7) is 4.59. The number of hydrogen-bond acceptors (Lipinski definition) is 5. The quantitative estimate of drug-likeness (QED) is 0.849. The fourth-order valence-electron chi connectivity index (χ4n) is 2.10. The minimum atomic E-state index is -0.381. The molecule has 0 aliphatic heterocycles. The summed E-state index contributed by atoms with van der Waals surface area (Å²) in [4.78, 5) is 16.3. The predicted octanol–water partition coefficient (Wildman–Crippen LogP) is 2.85. The summed E-state index contributed by atoms with van der Waals surface area (Å²) in [5.41, 5.74) is 1.86. The van der Waals surface area contributed by atoms with Gasteiger partial charge in [-0.2, -0.15) is 0 Å². The van der Waals surface area contributed by atoms with Crippen molar-refractivity contribution in [2.75, 3.05) is 25.6 Å². The molecule has 2 aromatic rings. The molecule has 1 aromatic carbocycles. The predicted molar refractivity (Wildman–Crippen MR) is 78.4 cm³/mol. The molecule has 1 aromatic heterocycles. The molecular formula is C15H18N2O3. The van der Waals surface area contributed by atoms with Gasteiger partial charge >= 0.3 is 5.97 Å². The van der Waals surface area contributed by atoms with Crippen LogP contribution >= 0.6 is 0 Å². The second-order valence-electron chi connectivity index (χ2n) is 4.10. The van der Waals surface area contributed by atoms with E-state index < -0.39 is 0 Å². The van der Waals surface area contributed by atoms with Crippen molar-refractivity contribution in [1.82, 2.24) is 4.98 Å². The van der Waals surface area contributed by atoms with Gasteiger partial charge in [0.1, 0.15) is 16.8 Å². The molecule has 0 fully saturated rings. The van der Waals surface area contributed by atoms with E-state index >= 15 is 0 Å². The molecule has 0 saturated heterocycles. The van der Waals surface area contributed by atoms with Gasteiger partial charge in [0.2, 0.25) is 0 Å². The lowest BCUT2D eigenvalue weighted by Crippen LogP contribution is -2.09. The lowest BCUT2D eigenvalue weighted by molar-refractivity contribution is 0.0527. The number of rotatable bonds is 5. The molecule has 106 valence electrons. The van der Waals surface area contributed by atoms with Crippen LogP contribution in [0, 0.1) is 0 Å². The van der Waals surface area contributed by atoms with Gasteiger partial charge in [-0.25, -0.2) is 4.79 Å². The average Bonchev–Trinajstić information content (AvgIpc) is 2.46. The van der Waals surface area contributed by atoms with Crippen LogP contribution in [-0.4, -0.2) is 31.2 Å². The third-order valence-corrected chi connectivity index (χ3v) is 2.91. The molecule has 0 spiro atoms. The van der Waals surface area contributed by atoms with Crippen LogP contribution in [0.4, 0.5) is 5.69 Å². The average molecular weight is 274 g/mol. The van der Waals surface area contributed by atoms with Crippen LogP contribution in [0.1, 0.15) is 24.2 Å². The number of pyridine rings is 1. The highest BCUT2D eigenvalue weighted by atomic mass is 16.5. The van der Waals surface area contributed by atoms with Crippen molar-refractivity contribution in [2.45, 2.75) is 13.8 Å². The molecule has 1 heterocycles. The number of anilines is 1. The van der Waals surface area contributed by atoms with Gasteiger partial charge in [-0.05, 0) is 19.9 Å². The van der Waals surface area contributed by atoms with E-state index in [1.165, 1.54) is 6.20 Å². The van der Waals surface area contributed by atoms with E-state index in [1.807, 2.05) is 25.1 Å². The smallest absolute Gasteiger partial charge is 0.341 e. The molecule has 0 bridgehead atoms.